The maximum Gasteiger partial charge on any atom is 0.282 e. The van der Waals surface area contributed by atoms with Gasteiger partial charge in [0.15, 0.2) is 11.6 Å². The lowest BCUT2D eigenvalue weighted by atomic mass is 10.0. The molecule has 6 nitrogen and oxygen atoms in total. The SMILES string of the molecule is CCCCN1C(=O)[C@@](C)(C(=O)Nc2cccc(Cl)c2)Oc2cccnc21. The maximum atomic E-state index is 13.1. The van der Waals surface area contributed by atoms with Crippen LogP contribution >= 0.6 is 11.6 Å². The van der Waals surface area contributed by atoms with E-state index in [1.54, 1.807) is 42.6 Å². The Labute approximate surface area is 157 Å². The molecule has 1 aliphatic rings. The minimum absolute atomic E-state index is 0.409. The Kier molecular flexibility index (Phi) is 5.13. The van der Waals surface area contributed by atoms with Gasteiger partial charge in [-0.15, -0.1) is 0 Å². The van der Waals surface area contributed by atoms with Gasteiger partial charge in [0.25, 0.3) is 17.4 Å². The van der Waals surface area contributed by atoms with Crippen LogP contribution in [0.4, 0.5) is 11.5 Å². The molecule has 0 saturated heterocycles. The van der Waals surface area contributed by atoms with Gasteiger partial charge >= 0.3 is 0 Å². The van der Waals surface area contributed by atoms with Crippen molar-refractivity contribution >= 4 is 34.9 Å². The largest absolute Gasteiger partial charge is 0.464 e. The van der Waals surface area contributed by atoms with Gasteiger partial charge in [-0.25, -0.2) is 4.98 Å². The first-order chi connectivity index (χ1) is 12.5. The number of unbranched alkanes of at least 4 members (excludes halogenated alkanes) is 1. The summed E-state index contributed by atoms with van der Waals surface area (Å²) >= 11 is 5.96. The predicted molar refractivity (Wildman–Crippen MR) is 101 cm³/mol. The number of aromatic nitrogens is 1. The molecule has 7 heteroatoms. The number of carbonyl (C=O) groups excluding carboxylic acids is 2. The second kappa shape index (κ2) is 7.33. The van der Waals surface area contributed by atoms with E-state index in [0.29, 0.717) is 28.8 Å². The molecule has 2 heterocycles. The maximum absolute atomic E-state index is 13.1. The zero-order valence-electron chi connectivity index (χ0n) is 14.7. The van der Waals surface area contributed by atoms with Crippen molar-refractivity contribution in [2.45, 2.75) is 32.3 Å². The van der Waals surface area contributed by atoms with Crippen LogP contribution in [0.5, 0.6) is 5.75 Å². The summed E-state index contributed by atoms with van der Waals surface area (Å²) in [4.78, 5) is 31.8. The number of fused-ring (bicyclic) bond motifs is 1. The number of hydrogen-bond donors (Lipinski definition) is 1. The highest BCUT2D eigenvalue weighted by Crippen LogP contribution is 2.36. The molecular weight excluding hydrogens is 354 g/mol. The number of rotatable bonds is 5. The van der Waals surface area contributed by atoms with Crippen LogP contribution in [-0.4, -0.2) is 28.9 Å². The fourth-order valence-electron chi connectivity index (χ4n) is 2.77. The lowest BCUT2D eigenvalue weighted by molar-refractivity contribution is -0.145. The van der Waals surface area contributed by atoms with E-state index in [9.17, 15) is 9.59 Å². The van der Waals surface area contributed by atoms with Crippen LogP contribution in [0.2, 0.25) is 5.02 Å². The number of anilines is 2. The van der Waals surface area contributed by atoms with E-state index in [-0.39, 0.29) is 0 Å². The number of carbonyl (C=O) groups is 2. The van der Waals surface area contributed by atoms with Crippen LogP contribution in [0.1, 0.15) is 26.7 Å². The summed E-state index contributed by atoms with van der Waals surface area (Å²) < 4.78 is 5.81. The standard InChI is InChI=1S/C19H20ClN3O3/c1-3-4-11-23-16-15(9-6-10-21-16)26-19(2,18(23)25)17(24)22-14-8-5-7-13(20)12-14/h5-10,12H,3-4,11H2,1-2H3,(H,22,24)/t19-/m1/s1. The number of benzene rings is 1. The molecule has 1 aliphatic heterocycles. The van der Waals surface area contributed by atoms with Gasteiger partial charge in [0.05, 0.1) is 0 Å². The highest BCUT2D eigenvalue weighted by molar-refractivity contribution is 6.31. The van der Waals surface area contributed by atoms with E-state index >= 15 is 0 Å². The minimum Gasteiger partial charge on any atom is -0.464 e. The molecule has 0 unspecified atom stereocenters. The molecule has 1 aromatic heterocycles. The summed E-state index contributed by atoms with van der Waals surface area (Å²) in [5.74, 6) is -0.136. The number of ether oxygens (including phenoxy) is 1. The summed E-state index contributed by atoms with van der Waals surface area (Å²) in [5.41, 5.74) is -1.19. The molecule has 0 spiro atoms. The highest BCUT2D eigenvalue weighted by atomic mass is 35.5. The number of nitrogens with one attached hydrogen (secondary N) is 1. The molecular formula is C19H20ClN3O3. The summed E-state index contributed by atoms with van der Waals surface area (Å²) in [5, 5.41) is 3.20. The number of nitrogens with zero attached hydrogens (tertiary/aromatic N) is 2. The quantitative estimate of drug-likeness (QED) is 0.812. The topological polar surface area (TPSA) is 71.5 Å². The second-order valence-electron chi connectivity index (χ2n) is 6.24. The molecule has 0 bridgehead atoms. The van der Waals surface area contributed by atoms with Crippen LogP contribution in [0.15, 0.2) is 42.6 Å². The molecule has 0 saturated carbocycles. The van der Waals surface area contributed by atoms with Crippen LogP contribution in [0, 0.1) is 0 Å². The first-order valence-electron chi connectivity index (χ1n) is 8.48. The average Bonchev–Trinajstić information content (AvgIpc) is 2.62. The number of pyridine rings is 1. The van der Waals surface area contributed by atoms with Crippen molar-refractivity contribution < 1.29 is 14.3 Å². The molecule has 0 fully saturated rings. The zero-order valence-corrected chi connectivity index (χ0v) is 15.4. The summed E-state index contributed by atoms with van der Waals surface area (Å²) in [6.07, 6.45) is 3.31. The van der Waals surface area contributed by atoms with Crippen LogP contribution in [-0.2, 0) is 9.59 Å². The Hall–Kier alpha value is -2.60. The van der Waals surface area contributed by atoms with Crippen molar-refractivity contribution in [3.05, 3.63) is 47.6 Å². The van der Waals surface area contributed by atoms with E-state index in [0.717, 1.165) is 12.8 Å². The molecule has 3 rings (SSSR count). The molecule has 0 aliphatic carbocycles. The first-order valence-corrected chi connectivity index (χ1v) is 8.86. The molecule has 1 aromatic carbocycles. The Morgan fingerprint density at radius 1 is 1.35 bits per heavy atom. The second-order valence-corrected chi connectivity index (χ2v) is 6.67. The van der Waals surface area contributed by atoms with Crippen molar-refractivity contribution in [2.24, 2.45) is 0 Å². The third kappa shape index (κ3) is 3.37. The van der Waals surface area contributed by atoms with Gasteiger partial charge in [-0.1, -0.05) is 31.0 Å². The van der Waals surface area contributed by atoms with Gasteiger partial charge in [-0.05, 0) is 43.7 Å². The molecule has 2 aromatic rings. The molecule has 0 radical (unpaired) electrons. The van der Waals surface area contributed by atoms with Gasteiger partial charge in [0, 0.05) is 23.5 Å². The molecule has 1 atom stereocenters. The Bertz CT molecular complexity index is 842. The van der Waals surface area contributed by atoms with Gasteiger partial charge in [-0.3, -0.25) is 14.5 Å². The Morgan fingerprint density at radius 3 is 2.88 bits per heavy atom. The smallest absolute Gasteiger partial charge is 0.282 e. The molecule has 2 amide bonds. The lowest BCUT2D eigenvalue weighted by Gasteiger charge is -2.38. The predicted octanol–water partition coefficient (Wildman–Crippen LogP) is 3.66. The minimum atomic E-state index is -1.69. The first kappa shape index (κ1) is 18.2. The van der Waals surface area contributed by atoms with Gasteiger partial charge < -0.3 is 10.1 Å². The summed E-state index contributed by atoms with van der Waals surface area (Å²) in [6, 6.07) is 10.2. The van der Waals surface area contributed by atoms with Crippen molar-refractivity contribution in [2.75, 3.05) is 16.8 Å². The fourth-order valence-corrected chi connectivity index (χ4v) is 2.96. The van der Waals surface area contributed by atoms with Crippen molar-refractivity contribution in [3.63, 3.8) is 0 Å². The Balaban J connectivity index is 1.92. The number of hydrogen-bond acceptors (Lipinski definition) is 4. The zero-order chi connectivity index (χ0) is 18.7. The summed E-state index contributed by atoms with van der Waals surface area (Å²) in [6.45, 7) is 3.99. The average molecular weight is 374 g/mol. The monoisotopic (exact) mass is 373 g/mol. The lowest BCUT2D eigenvalue weighted by Crippen LogP contribution is -2.61. The normalized spacial score (nSPS) is 18.9. The van der Waals surface area contributed by atoms with Crippen molar-refractivity contribution in [1.29, 1.82) is 0 Å². The third-order valence-electron chi connectivity index (χ3n) is 4.22. The van der Waals surface area contributed by atoms with Gasteiger partial charge in [-0.2, -0.15) is 0 Å². The summed E-state index contributed by atoms with van der Waals surface area (Å²) in [7, 11) is 0. The van der Waals surface area contributed by atoms with Crippen LogP contribution in [0.3, 0.4) is 0 Å². The van der Waals surface area contributed by atoms with E-state index in [4.69, 9.17) is 16.3 Å². The van der Waals surface area contributed by atoms with E-state index in [1.807, 2.05) is 6.92 Å². The number of halogens is 1. The Morgan fingerprint density at radius 2 is 2.15 bits per heavy atom. The van der Waals surface area contributed by atoms with E-state index in [2.05, 4.69) is 10.3 Å². The fraction of sp³-hybridized carbons (Fsp3) is 0.316. The molecule has 26 heavy (non-hydrogen) atoms. The van der Waals surface area contributed by atoms with E-state index in [1.165, 1.54) is 11.8 Å². The highest BCUT2D eigenvalue weighted by Gasteiger charge is 2.51. The number of amides is 2. The third-order valence-corrected chi connectivity index (χ3v) is 4.46. The van der Waals surface area contributed by atoms with E-state index < -0.39 is 17.4 Å². The van der Waals surface area contributed by atoms with Gasteiger partial charge in [0.1, 0.15) is 0 Å². The molecule has 136 valence electrons. The van der Waals surface area contributed by atoms with Crippen molar-refractivity contribution in [3.8, 4) is 5.75 Å². The van der Waals surface area contributed by atoms with Crippen LogP contribution in [0.25, 0.3) is 0 Å². The van der Waals surface area contributed by atoms with Crippen molar-refractivity contribution in [1.82, 2.24) is 4.98 Å². The molecule has 1 N–H and O–H groups in total. The van der Waals surface area contributed by atoms with Crippen LogP contribution < -0.4 is 15.0 Å². The van der Waals surface area contributed by atoms with Gasteiger partial charge in [0.2, 0.25) is 0 Å².